The molecule has 1 aliphatic rings. The van der Waals surface area contributed by atoms with Gasteiger partial charge in [0.15, 0.2) is 5.79 Å². The summed E-state index contributed by atoms with van der Waals surface area (Å²) in [5, 5.41) is 0. The highest BCUT2D eigenvalue weighted by molar-refractivity contribution is 7.99. The Morgan fingerprint density at radius 2 is 1.82 bits per heavy atom. The molecule has 8 heteroatoms. The highest BCUT2D eigenvalue weighted by Crippen LogP contribution is 2.34. The SMILES string of the molecule is CCCCCCC[C@H](OC(C)SC)c1nc2ccccc2nc1/C=C/[C@H]1OC(C)(C)O[C@H]1CCCC(=O)OC. The second-order valence-corrected chi connectivity index (χ2v) is 11.7. The monoisotopic (exact) mass is 558 g/mol. The van der Waals surface area contributed by atoms with E-state index in [0.29, 0.717) is 19.3 Å². The van der Waals surface area contributed by atoms with E-state index in [4.69, 9.17) is 28.9 Å². The maximum Gasteiger partial charge on any atom is 0.305 e. The first-order valence-corrected chi connectivity index (χ1v) is 15.6. The summed E-state index contributed by atoms with van der Waals surface area (Å²) in [5.41, 5.74) is 3.41. The van der Waals surface area contributed by atoms with Crippen molar-refractivity contribution in [2.45, 2.75) is 115 Å². The van der Waals surface area contributed by atoms with Gasteiger partial charge in [-0.15, -0.1) is 11.8 Å². The first-order chi connectivity index (χ1) is 18.8. The number of carbonyl (C=O) groups excluding carboxylic acids is 1. The molecule has 0 spiro atoms. The number of esters is 1. The van der Waals surface area contributed by atoms with Crippen LogP contribution in [0.1, 0.15) is 103 Å². The fourth-order valence-electron chi connectivity index (χ4n) is 4.86. The molecule has 2 heterocycles. The van der Waals surface area contributed by atoms with Crippen molar-refractivity contribution in [2.75, 3.05) is 13.4 Å². The van der Waals surface area contributed by atoms with E-state index in [1.807, 2.05) is 50.3 Å². The molecule has 1 aromatic heterocycles. The van der Waals surface area contributed by atoms with E-state index in [0.717, 1.165) is 35.3 Å². The highest BCUT2D eigenvalue weighted by Gasteiger charge is 2.39. The molecule has 1 aromatic carbocycles. The van der Waals surface area contributed by atoms with Crippen molar-refractivity contribution >= 4 is 34.8 Å². The Morgan fingerprint density at radius 1 is 1.10 bits per heavy atom. The smallest absolute Gasteiger partial charge is 0.305 e. The van der Waals surface area contributed by atoms with Crippen molar-refractivity contribution in [3.8, 4) is 0 Å². The average Bonchev–Trinajstić information content (AvgIpc) is 3.23. The highest BCUT2D eigenvalue weighted by atomic mass is 32.2. The van der Waals surface area contributed by atoms with E-state index >= 15 is 0 Å². The van der Waals surface area contributed by atoms with Gasteiger partial charge < -0.3 is 18.9 Å². The maximum absolute atomic E-state index is 11.6. The number of hydrogen-bond acceptors (Lipinski definition) is 8. The normalized spacial score (nSPS) is 20.5. The van der Waals surface area contributed by atoms with Crippen molar-refractivity contribution in [1.82, 2.24) is 9.97 Å². The molecule has 1 unspecified atom stereocenters. The summed E-state index contributed by atoms with van der Waals surface area (Å²) in [7, 11) is 1.41. The topological polar surface area (TPSA) is 79.8 Å². The molecule has 216 valence electrons. The predicted octanol–water partition coefficient (Wildman–Crippen LogP) is 7.63. The fraction of sp³-hybridized carbons (Fsp3) is 0.645. The van der Waals surface area contributed by atoms with Gasteiger partial charge >= 0.3 is 5.97 Å². The van der Waals surface area contributed by atoms with Crippen LogP contribution in [0.4, 0.5) is 0 Å². The van der Waals surface area contributed by atoms with Crippen molar-refractivity contribution in [3.05, 3.63) is 41.7 Å². The quantitative estimate of drug-likeness (QED) is 0.118. The van der Waals surface area contributed by atoms with Gasteiger partial charge in [0.25, 0.3) is 0 Å². The maximum atomic E-state index is 11.6. The van der Waals surface area contributed by atoms with Crippen molar-refractivity contribution in [1.29, 1.82) is 0 Å². The molecule has 7 nitrogen and oxygen atoms in total. The van der Waals surface area contributed by atoms with Gasteiger partial charge in [-0.05, 0) is 64.5 Å². The van der Waals surface area contributed by atoms with E-state index in [1.54, 1.807) is 11.8 Å². The molecular formula is C31H46N2O5S. The third kappa shape index (κ3) is 9.85. The summed E-state index contributed by atoms with van der Waals surface area (Å²) >= 11 is 1.69. The standard InChI is InChI=1S/C31H46N2O5S/c1-7-8-9-10-11-17-28(36-22(2)39-6)30-25(32-23-15-12-13-16-24(23)33-30)20-21-27-26(37-31(3,4)38-27)18-14-19-29(34)35-5/h12-13,15-16,20-22,26-28H,7-11,14,17-19H2,1-6H3/b21-20+/t22?,26-,27+,28-/m0/s1. The van der Waals surface area contributed by atoms with Crippen LogP contribution >= 0.6 is 11.8 Å². The second kappa shape index (κ2) is 15.7. The molecule has 0 bridgehead atoms. The predicted molar refractivity (Wildman–Crippen MR) is 158 cm³/mol. The van der Waals surface area contributed by atoms with Crippen LogP contribution in [0.3, 0.4) is 0 Å². The number of nitrogens with zero attached hydrogens (tertiary/aromatic N) is 2. The minimum absolute atomic E-state index is 0.0438. The Morgan fingerprint density at radius 3 is 2.51 bits per heavy atom. The van der Waals surface area contributed by atoms with E-state index < -0.39 is 5.79 Å². The van der Waals surface area contributed by atoms with Crippen LogP contribution in [0.5, 0.6) is 0 Å². The number of benzene rings is 1. The van der Waals surface area contributed by atoms with Gasteiger partial charge in [-0.2, -0.15) is 0 Å². The Hall–Kier alpha value is -2.00. The number of aromatic nitrogens is 2. The third-order valence-corrected chi connectivity index (χ3v) is 7.73. The number of para-hydroxylation sites is 2. The Bertz CT molecular complexity index is 1080. The minimum atomic E-state index is -0.708. The summed E-state index contributed by atoms with van der Waals surface area (Å²) < 4.78 is 23.7. The zero-order chi connectivity index (χ0) is 28.3. The van der Waals surface area contributed by atoms with Crippen LogP contribution in [0.25, 0.3) is 17.1 Å². The molecule has 0 radical (unpaired) electrons. The summed E-state index contributed by atoms with van der Waals surface area (Å²) in [6.07, 6.45) is 14.1. The van der Waals surface area contributed by atoms with Crippen molar-refractivity contribution in [3.63, 3.8) is 0 Å². The van der Waals surface area contributed by atoms with E-state index in [9.17, 15) is 4.79 Å². The molecule has 0 aliphatic carbocycles. The number of hydrogen-bond donors (Lipinski definition) is 0. The van der Waals surface area contributed by atoms with Gasteiger partial charge in [0.05, 0.1) is 35.6 Å². The van der Waals surface area contributed by atoms with Gasteiger partial charge in [-0.1, -0.05) is 57.2 Å². The second-order valence-electron chi connectivity index (χ2n) is 10.6. The number of thioether (sulfide) groups is 1. The van der Waals surface area contributed by atoms with Crippen LogP contribution in [0, 0.1) is 0 Å². The van der Waals surface area contributed by atoms with Gasteiger partial charge in [-0.25, -0.2) is 9.97 Å². The molecule has 1 aliphatic heterocycles. The van der Waals surface area contributed by atoms with E-state index in [1.165, 1.54) is 32.8 Å². The molecule has 0 N–H and O–H groups in total. The van der Waals surface area contributed by atoms with Crippen molar-refractivity contribution in [2.24, 2.45) is 0 Å². The number of fused-ring (bicyclic) bond motifs is 1. The third-order valence-electron chi connectivity index (χ3n) is 6.95. The van der Waals surface area contributed by atoms with Gasteiger partial charge in [-0.3, -0.25) is 4.79 Å². The molecule has 3 rings (SSSR count). The molecule has 2 aromatic rings. The van der Waals surface area contributed by atoms with Crippen LogP contribution < -0.4 is 0 Å². The summed E-state index contributed by atoms with van der Waals surface area (Å²) in [6, 6.07) is 7.97. The Kier molecular flexibility index (Phi) is 12.7. The van der Waals surface area contributed by atoms with Gasteiger partial charge in [0, 0.05) is 6.42 Å². The molecule has 39 heavy (non-hydrogen) atoms. The number of rotatable bonds is 16. The van der Waals surface area contributed by atoms with Crippen LogP contribution in [-0.4, -0.2) is 52.7 Å². The van der Waals surface area contributed by atoms with E-state index in [2.05, 4.69) is 20.1 Å². The van der Waals surface area contributed by atoms with Crippen LogP contribution in [0.2, 0.25) is 0 Å². The van der Waals surface area contributed by atoms with Crippen LogP contribution in [0.15, 0.2) is 30.3 Å². The minimum Gasteiger partial charge on any atom is -0.469 e. The molecule has 4 atom stereocenters. The average molecular weight is 559 g/mol. The number of ether oxygens (including phenoxy) is 4. The molecule has 0 amide bonds. The van der Waals surface area contributed by atoms with Gasteiger partial charge in [0.2, 0.25) is 0 Å². The number of methoxy groups -OCH3 is 1. The molecule has 1 saturated heterocycles. The fourth-order valence-corrected chi connectivity index (χ4v) is 5.11. The molecule has 0 saturated carbocycles. The van der Waals surface area contributed by atoms with E-state index in [-0.39, 0.29) is 29.7 Å². The summed E-state index contributed by atoms with van der Waals surface area (Å²) in [5.74, 6) is -0.919. The van der Waals surface area contributed by atoms with Crippen LogP contribution in [-0.2, 0) is 23.7 Å². The Balaban J connectivity index is 1.88. The zero-order valence-corrected chi connectivity index (χ0v) is 25.3. The largest absolute Gasteiger partial charge is 0.469 e. The molecule has 1 fully saturated rings. The zero-order valence-electron chi connectivity index (χ0n) is 24.5. The lowest BCUT2D eigenvalue weighted by Crippen LogP contribution is -2.21. The lowest BCUT2D eigenvalue weighted by Gasteiger charge is -2.23. The summed E-state index contributed by atoms with van der Waals surface area (Å²) in [4.78, 5) is 21.7. The van der Waals surface area contributed by atoms with Crippen molar-refractivity contribution < 1.29 is 23.7 Å². The lowest BCUT2D eigenvalue weighted by molar-refractivity contribution is -0.144. The number of carbonyl (C=O) groups is 1. The van der Waals surface area contributed by atoms with Gasteiger partial charge in [0.1, 0.15) is 17.6 Å². The number of unbranched alkanes of at least 4 members (excludes halogenated alkanes) is 4. The molecular weight excluding hydrogens is 512 g/mol. The Labute approximate surface area is 238 Å². The first-order valence-electron chi connectivity index (χ1n) is 14.3. The summed E-state index contributed by atoms with van der Waals surface area (Å²) in [6.45, 7) is 8.16. The first kappa shape index (κ1) is 31.5. The lowest BCUT2D eigenvalue weighted by atomic mass is 10.0.